The van der Waals surface area contributed by atoms with Gasteiger partial charge in [-0.3, -0.25) is 9.59 Å². The predicted molar refractivity (Wildman–Crippen MR) is 103 cm³/mol. The molecule has 0 aromatic heterocycles. The van der Waals surface area contributed by atoms with Crippen LogP contribution in [0, 0.1) is 6.92 Å². The first-order valence-corrected chi connectivity index (χ1v) is 8.76. The second kappa shape index (κ2) is 9.25. The van der Waals surface area contributed by atoms with E-state index in [1.165, 1.54) is 0 Å². The number of nitrogens with one attached hydrogen (secondary N) is 2. The van der Waals surface area contributed by atoms with Gasteiger partial charge in [-0.05, 0) is 32.0 Å². The summed E-state index contributed by atoms with van der Waals surface area (Å²) in [6.07, 6.45) is 0.175. The molecular weight excluding hydrogens is 352 g/mol. The molecule has 0 radical (unpaired) electrons. The van der Waals surface area contributed by atoms with E-state index in [-0.39, 0.29) is 30.8 Å². The Hall–Kier alpha value is -2.53. The van der Waals surface area contributed by atoms with E-state index in [1.807, 2.05) is 32.0 Å². The number of benzene rings is 2. The molecule has 0 saturated carbocycles. The van der Waals surface area contributed by atoms with E-state index in [0.29, 0.717) is 10.6 Å². The van der Waals surface area contributed by atoms with E-state index in [9.17, 15) is 9.59 Å². The van der Waals surface area contributed by atoms with Crippen molar-refractivity contribution in [3.05, 3.63) is 64.2 Å². The van der Waals surface area contributed by atoms with Crippen molar-refractivity contribution in [2.45, 2.75) is 26.3 Å². The van der Waals surface area contributed by atoms with Crippen LogP contribution in [0.1, 0.15) is 40.9 Å². The summed E-state index contributed by atoms with van der Waals surface area (Å²) in [5, 5.41) is 6.02. The molecule has 26 heavy (non-hydrogen) atoms. The van der Waals surface area contributed by atoms with Crippen LogP contribution in [0.2, 0.25) is 5.02 Å². The highest BCUT2D eigenvalue weighted by Gasteiger charge is 2.15. The highest BCUT2D eigenvalue weighted by molar-refractivity contribution is 6.33. The van der Waals surface area contributed by atoms with Gasteiger partial charge in [0, 0.05) is 18.5 Å². The van der Waals surface area contributed by atoms with Crippen molar-refractivity contribution in [1.82, 2.24) is 10.6 Å². The molecule has 2 rings (SSSR count). The van der Waals surface area contributed by atoms with Crippen molar-refractivity contribution < 1.29 is 14.3 Å². The van der Waals surface area contributed by atoms with Crippen molar-refractivity contribution >= 4 is 23.4 Å². The van der Waals surface area contributed by atoms with Gasteiger partial charge < -0.3 is 15.4 Å². The first-order chi connectivity index (χ1) is 12.4. The fourth-order valence-corrected chi connectivity index (χ4v) is 2.84. The molecule has 0 spiro atoms. The van der Waals surface area contributed by atoms with Crippen LogP contribution in [0.25, 0.3) is 0 Å². The number of amides is 2. The molecular formula is C20H23ClN2O3. The number of carbonyl (C=O) groups is 2. The molecule has 0 saturated heterocycles. The summed E-state index contributed by atoms with van der Waals surface area (Å²) >= 11 is 5.99. The fraction of sp³-hybridized carbons (Fsp3) is 0.300. The molecule has 2 aromatic rings. The third-order valence-electron chi connectivity index (χ3n) is 3.99. The quantitative estimate of drug-likeness (QED) is 0.777. The van der Waals surface area contributed by atoms with Gasteiger partial charge >= 0.3 is 0 Å². The average Bonchev–Trinajstić information content (AvgIpc) is 2.61. The van der Waals surface area contributed by atoms with Crippen LogP contribution in [0.5, 0.6) is 5.75 Å². The van der Waals surface area contributed by atoms with Crippen LogP contribution in [0.3, 0.4) is 0 Å². The van der Waals surface area contributed by atoms with Crippen LogP contribution in [-0.2, 0) is 4.79 Å². The van der Waals surface area contributed by atoms with Gasteiger partial charge in [0.05, 0.1) is 23.7 Å². The van der Waals surface area contributed by atoms with E-state index in [4.69, 9.17) is 16.3 Å². The van der Waals surface area contributed by atoms with Gasteiger partial charge in [0.2, 0.25) is 5.91 Å². The van der Waals surface area contributed by atoms with E-state index < -0.39 is 0 Å². The molecule has 0 aliphatic carbocycles. The lowest BCUT2D eigenvalue weighted by molar-refractivity contribution is -0.121. The van der Waals surface area contributed by atoms with Gasteiger partial charge in [0.15, 0.2) is 0 Å². The van der Waals surface area contributed by atoms with Gasteiger partial charge in [0.1, 0.15) is 5.75 Å². The van der Waals surface area contributed by atoms with Crippen LogP contribution < -0.4 is 15.4 Å². The molecule has 0 fully saturated rings. The number of aryl methyl sites for hydroxylation is 1. The van der Waals surface area contributed by atoms with E-state index >= 15 is 0 Å². The Balaban J connectivity index is 1.86. The second-order valence-corrected chi connectivity index (χ2v) is 6.43. The predicted octanol–water partition coefficient (Wildman–Crippen LogP) is 3.65. The number of methoxy groups -OCH3 is 1. The first kappa shape index (κ1) is 19.8. The van der Waals surface area contributed by atoms with Gasteiger partial charge in [-0.2, -0.15) is 0 Å². The maximum Gasteiger partial charge on any atom is 0.252 e. The molecule has 138 valence electrons. The average molecular weight is 375 g/mol. The van der Waals surface area contributed by atoms with Crippen LogP contribution >= 0.6 is 11.6 Å². The highest BCUT2D eigenvalue weighted by Crippen LogP contribution is 2.26. The van der Waals surface area contributed by atoms with Crippen molar-refractivity contribution in [3.63, 3.8) is 0 Å². The van der Waals surface area contributed by atoms with Gasteiger partial charge in [-0.25, -0.2) is 0 Å². The number of ether oxygens (including phenoxy) is 1. The van der Waals surface area contributed by atoms with Crippen molar-refractivity contribution in [2.24, 2.45) is 0 Å². The Bertz CT molecular complexity index is 792. The Morgan fingerprint density at radius 2 is 1.92 bits per heavy atom. The largest absolute Gasteiger partial charge is 0.496 e. The fourth-order valence-electron chi connectivity index (χ4n) is 2.61. The molecule has 2 amide bonds. The summed E-state index contributed by atoms with van der Waals surface area (Å²) in [6.45, 7) is 4.12. The Morgan fingerprint density at radius 3 is 2.62 bits per heavy atom. The molecule has 2 aromatic carbocycles. The lowest BCUT2D eigenvalue weighted by atomic mass is 10.0. The Kier molecular flexibility index (Phi) is 7.04. The zero-order chi connectivity index (χ0) is 19.1. The number of hydrogen-bond donors (Lipinski definition) is 2. The van der Waals surface area contributed by atoms with Crippen molar-refractivity contribution in [1.29, 1.82) is 0 Å². The second-order valence-electron chi connectivity index (χ2n) is 6.02. The van der Waals surface area contributed by atoms with E-state index in [2.05, 4.69) is 10.6 Å². The monoisotopic (exact) mass is 374 g/mol. The smallest absolute Gasteiger partial charge is 0.252 e. The minimum Gasteiger partial charge on any atom is -0.496 e. The van der Waals surface area contributed by atoms with Crippen LogP contribution in [-0.4, -0.2) is 25.5 Å². The van der Waals surface area contributed by atoms with Crippen LogP contribution in [0.15, 0.2) is 42.5 Å². The number of rotatable bonds is 7. The Morgan fingerprint density at radius 1 is 1.19 bits per heavy atom. The number of halogens is 1. The summed E-state index contributed by atoms with van der Waals surface area (Å²) in [6, 6.07) is 12.4. The third kappa shape index (κ3) is 5.23. The van der Waals surface area contributed by atoms with Gasteiger partial charge in [-0.15, -0.1) is 0 Å². The molecule has 0 heterocycles. The van der Waals surface area contributed by atoms with Crippen molar-refractivity contribution in [2.75, 3.05) is 13.7 Å². The summed E-state index contributed by atoms with van der Waals surface area (Å²) in [7, 11) is 1.60. The van der Waals surface area contributed by atoms with E-state index in [0.717, 1.165) is 16.9 Å². The normalized spacial score (nSPS) is 11.5. The molecule has 0 aliphatic rings. The maximum atomic E-state index is 12.2. The molecule has 0 aliphatic heterocycles. The molecule has 5 nitrogen and oxygen atoms in total. The highest BCUT2D eigenvalue weighted by atomic mass is 35.5. The zero-order valence-electron chi connectivity index (χ0n) is 15.1. The third-order valence-corrected chi connectivity index (χ3v) is 4.31. The molecule has 2 N–H and O–H groups in total. The SMILES string of the molecule is COc1ccc(C)cc1[C@H](C)NC(=O)CCNC(=O)c1ccccc1Cl. The molecule has 1 atom stereocenters. The summed E-state index contributed by atoms with van der Waals surface area (Å²) < 4.78 is 5.36. The van der Waals surface area contributed by atoms with Gasteiger partial charge in [0.25, 0.3) is 5.91 Å². The minimum atomic E-state index is -0.295. The number of hydrogen-bond acceptors (Lipinski definition) is 3. The first-order valence-electron chi connectivity index (χ1n) is 8.39. The topological polar surface area (TPSA) is 67.4 Å². The molecule has 0 unspecified atom stereocenters. The summed E-state index contributed by atoms with van der Waals surface area (Å²) in [4.78, 5) is 24.2. The lowest BCUT2D eigenvalue weighted by Gasteiger charge is -2.18. The van der Waals surface area contributed by atoms with Crippen molar-refractivity contribution in [3.8, 4) is 5.75 Å². The zero-order valence-corrected chi connectivity index (χ0v) is 15.9. The van der Waals surface area contributed by atoms with Crippen LogP contribution in [0.4, 0.5) is 0 Å². The lowest BCUT2D eigenvalue weighted by Crippen LogP contribution is -2.32. The molecule has 0 bridgehead atoms. The summed E-state index contributed by atoms with van der Waals surface area (Å²) in [5.41, 5.74) is 2.40. The van der Waals surface area contributed by atoms with Gasteiger partial charge in [-0.1, -0.05) is 41.4 Å². The standard InChI is InChI=1S/C20H23ClN2O3/c1-13-8-9-18(26-3)16(12-13)14(2)23-19(24)10-11-22-20(25)15-6-4-5-7-17(15)21/h4-9,12,14H,10-11H2,1-3H3,(H,22,25)(H,23,24)/t14-/m0/s1. The minimum absolute atomic E-state index is 0.152. The Labute approximate surface area is 158 Å². The summed E-state index contributed by atoms with van der Waals surface area (Å²) in [5.74, 6) is 0.285. The maximum absolute atomic E-state index is 12.2. The van der Waals surface area contributed by atoms with E-state index in [1.54, 1.807) is 31.4 Å². The number of carbonyl (C=O) groups excluding carboxylic acids is 2. The molecule has 6 heteroatoms.